The van der Waals surface area contributed by atoms with Gasteiger partial charge in [-0.1, -0.05) is 13.8 Å². The second-order valence-electron chi connectivity index (χ2n) is 7.00. The summed E-state index contributed by atoms with van der Waals surface area (Å²) in [6.45, 7) is 5.22. The zero-order chi connectivity index (χ0) is 16.7. The van der Waals surface area contributed by atoms with E-state index < -0.39 is 20.7 Å². The molecule has 8 heteroatoms. The zero-order valence-electron chi connectivity index (χ0n) is 13.5. The summed E-state index contributed by atoms with van der Waals surface area (Å²) in [6, 6.07) is 1.77. The third-order valence-corrected chi connectivity index (χ3v) is 6.62. The number of hydrogen-bond donors (Lipinski definition) is 0. The number of rotatable bonds is 4. The molecule has 2 saturated heterocycles. The van der Waals surface area contributed by atoms with Crippen molar-refractivity contribution in [1.29, 1.82) is 0 Å². The van der Waals surface area contributed by atoms with E-state index in [1.807, 2.05) is 13.8 Å². The fourth-order valence-corrected chi connectivity index (χ4v) is 5.06. The van der Waals surface area contributed by atoms with Gasteiger partial charge >= 0.3 is 0 Å². The summed E-state index contributed by atoms with van der Waals surface area (Å²) in [5.74, 6) is 0.357. The topological polar surface area (TPSA) is 81.5 Å². The molecule has 1 aromatic heterocycles. The van der Waals surface area contributed by atoms with Gasteiger partial charge in [0.2, 0.25) is 5.91 Å². The lowest BCUT2D eigenvalue weighted by Crippen LogP contribution is -2.70. The van der Waals surface area contributed by atoms with Crippen LogP contribution in [0.3, 0.4) is 0 Å². The molecule has 3 rings (SSSR count). The Bertz CT molecular complexity index is 663. The van der Waals surface area contributed by atoms with Crippen molar-refractivity contribution in [3.05, 3.63) is 18.5 Å². The molecule has 1 spiro atoms. The molecule has 128 valence electrons. The second-order valence-corrected chi connectivity index (χ2v) is 9.28. The molecule has 0 aromatic carbocycles. The maximum Gasteiger partial charge on any atom is 0.223 e. The molecule has 7 nitrogen and oxygen atoms in total. The summed E-state index contributed by atoms with van der Waals surface area (Å²) in [5.41, 5.74) is -0.702. The van der Waals surface area contributed by atoms with Gasteiger partial charge in [0.1, 0.15) is 10.9 Å². The number of amides is 1. The van der Waals surface area contributed by atoms with Crippen LogP contribution < -0.4 is 0 Å². The van der Waals surface area contributed by atoms with E-state index in [0.29, 0.717) is 32.0 Å². The number of sulfone groups is 1. The lowest BCUT2D eigenvalue weighted by atomic mass is 9.94. The fourth-order valence-electron chi connectivity index (χ4n) is 3.17. The smallest absolute Gasteiger partial charge is 0.223 e. The van der Waals surface area contributed by atoms with Crippen molar-refractivity contribution in [2.75, 3.05) is 25.4 Å². The Morgan fingerprint density at radius 1 is 1.43 bits per heavy atom. The minimum absolute atomic E-state index is 0.0165. The van der Waals surface area contributed by atoms with Crippen LogP contribution in [0.15, 0.2) is 18.5 Å². The first-order valence-electron chi connectivity index (χ1n) is 7.90. The molecule has 0 unspecified atom stereocenters. The van der Waals surface area contributed by atoms with Gasteiger partial charge in [0.15, 0.2) is 9.84 Å². The summed E-state index contributed by atoms with van der Waals surface area (Å²) >= 11 is 0. The SMILES string of the molecule is CC(C)CC(=O)N1CC2(C1)CS(=O)(=O)[C@@H](Cn1cccn1)CO2. The Labute approximate surface area is 136 Å². The summed E-state index contributed by atoms with van der Waals surface area (Å²) in [6.07, 6.45) is 3.86. The first-order chi connectivity index (χ1) is 10.8. The van der Waals surface area contributed by atoms with Crippen LogP contribution in [-0.2, 0) is 25.9 Å². The molecule has 23 heavy (non-hydrogen) atoms. The number of nitrogens with zero attached hydrogens (tertiary/aromatic N) is 3. The van der Waals surface area contributed by atoms with Crippen molar-refractivity contribution in [3.63, 3.8) is 0 Å². The molecule has 0 aliphatic carbocycles. The number of hydrogen-bond acceptors (Lipinski definition) is 5. The molecular weight excluding hydrogens is 318 g/mol. The zero-order valence-corrected chi connectivity index (χ0v) is 14.3. The van der Waals surface area contributed by atoms with Gasteiger partial charge in [-0.05, 0) is 12.0 Å². The number of carbonyl (C=O) groups is 1. The van der Waals surface area contributed by atoms with Crippen LogP contribution in [0.1, 0.15) is 20.3 Å². The van der Waals surface area contributed by atoms with Gasteiger partial charge in [0.05, 0.1) is 32.0 Å². The van der Waals surface area contributed by atoms with Crippen LogP contribution in [0.5, 0.6) is 0 Å². The summed E-state index contributed by atoms with van der Waals surface area (Å²) in [5, 5.41) is 3.48. The van der Waals surface area contributed by atoms with Crippen molar-refractivity contribution in [1.82, 2.24) is 14.7 Å². The first kappa shape index (κ1) is 16.4. The predicted octanol–water partition coefficient (Wildman–Crippen LogP) is 0.324. The van der Waals surface area contributed by atoms with E-state index in [1.165, 1.54) is 0 Å². The van der Waals surface area contributed by atoms with Crippen molar-refractivity contribution in [2.24, 2.45) is 5.92 Å². The fraction of sp³-hybridized carbons (Fsp3) is 0.733. The van der Waals surface area contributed by atoms with E-state index in [9.17, 15) is 13.2 Å². The molecule has 2 fully saturated rings. The number of likely N-dealkylation sites (tertiary alicyclic amines) is 1. The average molecular weight is 341 g/mol. The van der Waals surface area contributed by atoms with Gasteiger partial charge in [-0.25, -0.2) is 8.42 Å². The average Bonchev–Trinajstić information content (AvgIpc) is 2.90. The molecule has 1 atom stereocenters. The van der Waals surface area contributed by atoms with E-state index in [4.69, 9.17) is 4.74 Å². The van der Waals surface area contributed by atoms with E-state index in [1.54, 1.807) is 28.0 Å². The monoisotopic (exact) mass is 341 g/mol. The molecule has 0 radical (unpaired) electrons. The Morgan fingerprint density at radius 2 is 2.17 bits per heavy atom. The highest BCUT2D eigenvalue weighted by Gasteiger charge is 2.53. The van der Waals surface area contributed by atoms with Gasteiger partial charge in [-0.2, -0.15) is 5.10 Å². The van der Waals surface area contributed by atoms with Crippen molar-refractivity contribution < 1.29 is 17.9 Å². The molecule has 2 aliphatic rings. The highest BCUT2D eigenvalue weighted by molar-refractivity contribution is 7.92. The third kappa shape index (κ3) is 3.42. The van der Waals surface area contributed by atoms with Gasteiger partial charge in [-0.15, -0.1) is 0 Å². The molecular formula is C15H23N3O4S. The van der Waals surface area contributed by atoms with Gasteiger partial charge in [0.25, 0.3) is 0 Å². The molecule has 2 aliphatic heterocycles. The highest BCUT2D eigenvalue weighted by Crippen LogP contribution is 2.33. The highest BCUT2D eigenvalue weighted by atomic mass is 32.2. The molecule has 1 amide bonds. The number of carbonyl (C=O) groups excluding carboxylic acids is 1. The quantitative estimate of drug-likeness (QED) is 0.788. The van der Waals surface area contributed by atoms with Gasteiger partial charge in [0, 0.05) is 18.8 Å². The van der Waals surface area contributed by atoms with Crippen LogP contribution in [0.25, 0.3) is 0 Å². The Balaban J connectivity index is 1.59. The van der Waals surface area contributed by atoms with E-state index in [0.717, 1.165) is 0 Å². The van der Waals surface area contributed by atoms with E-state index in [-0.39, 0.29) is 18.3 Å². The molecule has 0 N–H and O–H groups in total. The Hall–Kier alpha value is -1.41. The molecule has 3 heterocycles. The molecule has 0 saturated carbocycles. The Kier molecular flexibility index (Phi) is 4.22. The van der Waals surface area contributed by atoms with E-state index in [2.05, 4.69) is 5.10 Å². The standard InChI is InChI=1S/C15H23N3O4S/c1-12(2)6-14(19)17-9-15(10-17)11-23(20,21)13(8-22-15)7-18-5-3-4-16-18/h3-5,12-13H,6-11H2,1-2H3/t13-/m0/s1. The summed E-state index contributed by atoms with van der Waals surface area (Å²) < 4.78 is 32.6. The van der Waals surface area contributed by atoms with Crippen LogP contribution in [-0.4, -0.2) is 65.3 Å². The maximum absolute atomic E-state index is 12.5. The second kappa shape index (κ2) is 5.90. The lowest BCUT2D eigenvalue weighted by molar-refractivity contribution is -0.166. The predicted molar refractivity (Wildman–Crippen MR) is 84.5 cm³/mol. The lowest BCUT2D eigenvalue weighted by Gasteiger charge is -2.52. The number of aromatic nitrogens is 2. The van der Waals surface area contributed by atoms with Gasteiger partial charge < -0.3 is 9.64 Å². The summed E-state index contributed by atoms with van der Waals surface area (Å²) in [7, 11) is -3.26. The summed E-state index contributed by atoms with van der Waals surface area (Å²) in [4.78, 5) is 13.7. The first-order valence-corrected chi connectivity index (χ1v) is 9.62. The third-order valence-electron chi connectivity index (χ3n) is 4.39. The van der Waals surface area contributed by atoms with Crippen LogP contribution in [0.2, 0.25) is 0 Å². The van der Waals surface area contributed by atoms with Crippen molar-refractivity contribution >= 4 is 15.7 Å². The minimum atomic E-state index is -3.26. The molecule has 1 aromatic rings. The van der Waals surface area contributed by atoms with E-state index >= 15 is 0 Å². The largest absolute Gasteiger partial charge is 0.369 e. The maximum atomic E-state index is 12.5. The van der Waals surface area contributed by atoms with Crippen molar-refractivity contribution in [2.45, 2.75) is 37.7 Å². The van der Waals surface area contributed by atoms with Crippen LogP contribution >= 0.6 is 0 Å². The number of ether oxygens (including phenoxy) is 1. The van der Waals surface area contributed by atoms with Crippen molar-refractivity contribution in [3.8, 4) is 0 Å². The van der Waals surface area contributed by atoms with Crippen LogP contribution in [0.4, 0.5) is 0 Å². The molecule has 0 bridgehead atoms. The minimum Gasteiger partial charge on any atom is -0.369 e. The Morgan fingerprint density at radius 3 is 2.74 bits per heavy atom. The van der Waals surface area contributed by atoms with Gasteiger partial charge in [-0.3, -0.25) is 9.48 Å². The normalized spacial score (nSPS) is 25.5. The van der Waals surface area contributed by atoms with Crippen LogP contribution in [0, 0.1) is 5.92 Å².